The van der Waals surface area contributed by atoms with Crippen LogP contribution in [0.5, 0.6) is 0 Å². The van der Waals surface area contributed by atoms with E-state index < -0.39 is 0 Å². The van der Waals surface area contributed by atoms with E-state index >= 15 is 0 Å². The van der Waals surface area contributed by atoms with Crippen molar-refractivity contribution >= 4 is 23.2 Å². The van der Waals surface area contributed by atoms with Crippen LogP contribution >= 0.6 is 23.2 Å². The van der Waals surface area contributed by atoms with Gasteiger partial charge in [0.05, 0.1) is 0 Å². The van der Waals surface area contributed by atoms with E-state index in [1.165, 1.54) is 0 Å². The molecule has 0 saturated heterocycles. The molecule has 0 bridgehead atoms. The van der Waals surface area contributed by atoms with Crippen molar-refractivity contribution in [2.45, 2.75) is 13.1 Å². The summed E-state index contributed by atoms with van der Waals surface area (Å²) >= 11 is 12.0. The normalized spacial score (nSPS) is 10.7. The number of nitrogens with two attached hydrogens (primary N) is 2. The molecule has 4 heteroatoms. The van der Waals surface area contributed by atoms with Crippen molar-refractivity contribution in [2.24, 2.45) is 11.5 Å². The largest absolute Gasteiger partial charge is 0.326 e. The smallest absolute Gasteiger partial charge is 0.0426 e. The van der Waals surface area contributed by atoms with Crippen molar-refractivity contribution in [3.63, 3.8) is 0 Å². The Bertz CT molecular complexity index is 525. The van der Waals surface area contributed by atoms with E-state index in [1.807, 2.05) is 30.3 Å². The minimum atomic E-state index is 0.481. The summed E-state index contributed by atoms with van der Waals surface area (Å²) in [5.41, 5.74) is 15.5. The highest BCUT2D eigenvalue weighted by atomic mass is 35.5. The quantitative estimate of drug-likeness (QED) is 0.903. The zero-order chi connectivity index (χ0) is 13.1. The second kappa shape index (κ2) is 5.72. The Morgan fingerprint density at radius 3 is 1.56 bits per heavy atom. The SMILES string of the molecule is NCc1cc(CN)cc(-c2cc(Cl)cc(Cl)c2)c1. The molecule has 2 aromatic carbocycles. The summed E-state index contributed by atoms with van der Waals surface area (Å²) in [6.07, 6.45) is 0. The Hall–Kier alpha value is -1.06. The van der Waals surface area contributed by atoms with Gasteiger partial charge in [-0.15, -0.1) is 0 Å². The summed E-state index contributed by atoms with van der Waals surface area (Å²) in [5.74, 6) is 0. The van der Waals surface area contributed by atoms with Crippen LogP contribution in [0.15, 0.2) is 36.4 Å². The first-order valence-electron chi connectivity index (χ1n) is 5.62. The first kappa shape index (κ1) is 13.4. The molecule has 0 aliphatic carbocycles. The maximum absolute atomic E-state index is 6.01. The molecule has 0 amide bonds. The van der Waals surface area contributed by atoms with Crippen LogP contribution in [0.4, 0.5) is 0 Å². The van der Waals surface area contributed by atoms with E-state index in [0.717, 1.165) is 22.3 Å². The van der Waals surface area contributed by atoms with Crippen molar-refractivity contribution in [3.8, 4) is 11.1 Å². The van der Waals surface area contributed by atoms with Gasteiger partial charge in [-0.2, -0.15) is 0 Å². The van der Waals surface area contributed by atoms with Crippen LogP contribution in [0.3, 0.4) is 0 Å². The molecule has 0 spiro atoms. The Kier molecular flexibility index (Phi) is 4.25. The molecule has 0 unspecified atom stereocenters. The van der Waals surface area contributed by atoms with E-state index in [9.17, 15) is 0 Å². The van der Waals surface area contributed by atoms with Gasteiger partial charge >= 0.3 is 0 Å². The summed E-state index contributed by atoms with van der Waals surface area (Å²) in [4.78, 5) is 0. The third-order valence-corrected chi connectivity index (χ3v) is 3.16. The van der Waals surface area contributed by atoms with Crippen LogP contribution in [-0.4, -0.2) is 0 Å². The van der Waals surface area contributed by atoms with Gasteiger partial charge in [-0.05, 0) is 52.6 Å². The second-order valence-electron chi connectivity index (χ2n) is 4.10. The minimum absolute atomic E-state index is 0.481. The first-order chi connectivity index (χ1) is 8.62. The number of hydrogen-bond acceptors (Lipinski definition) is 2. The lowest BCUT2D eigenvalue weighted by molar-refractivity contribution is 1.03. The molecule has 2 rings (SSSR count). The van der Waals surface area contributed by atoms with E-state index in [4.69, 9.17) is 34.7 Å². The molecule has 0 heterocycles. The van der Waals surface area contributed by atoms with E-state index in [-0.39, 0.29) is 0 Å². The second-order valence-corrected chi connectivity index (χ2v) is 4.98. The lowest BCUT2D eigenvalue weighted by atomic mass is 10.00. The van der Waals surface area contributed by atoms with Crippen molar-refractivity contribution in [2.75, 3.05) is 0 Å². The summed E-state index contributed by atoms with van der Waals surface area (Å²) in [6.45, 7) is 0.963. The van der Waals surface area contributed by atoms with E-state index in [2.05, 4.69) is 0 Å². The Morgan fingerprint density at radius 2 is 1.11 bits per heavy atom. The molecule has 0 aliphatic rings. The van der Waals surface area contributed by atoms with Crippen LogP contribution in [0.1, 0.15) is 11.1 Å². The van der Waals surface area contributed by atoms with Crippen LogP contribution < -0.4 is 11.5 Å². The highest BCUT2D eigenvalue weighted by molar-refractivity contribution is 6.35. The zero-order valence-corrected chi connectivity index (χ0v) is 11.3. The maximum Gasteiger partial charge on any atom is 0.0426 e. The number of halogens is 2. The van der Waals surface area contributed by atoms with Gasteiger partial charge in [-0.3, -0.25) is 0 Å². The fourth-order valence-corrected chi connectivity index (χ4v) is 2.41. The predicted octanol–water partition coefficient (Wildman–Crippen LogP) is 3.58. The van der Waals surface area contributed by atoms with Gasteiger partial charge in [0.25, 0.3) is 0 Å². The van der Waals surface area contributed by atoms with Crippen LogP contribution in [0.25, 0.3) is 11.1 Å². The Balaban J connectivity index is 2.55. The van der Waals surface area contributed by atoms with Gasteiger partial charge in [0, 0.05) is 23.1 Å². The molecule has 0 aromatic heterocycles. The van der Waals surface area contributed by atoms with Crippen LogP contribution in [0, 0.1) is 0 Å². The summed E-state index contributed by atoms with van der Waals surface area (Å²) in [5, 5.41) is 1.23. The van der Waals surface area contributed by atoms with Gasteiger partial charge in [0.15, 0.2) is 0 Å². The van der Waals surface area contributed by atoms with Gasteiger partial charge < -0.3 is 11.5 Å². The molecule has 4 N–H and O–H groups in total. The summed E-state index contributed by atoms with van der Waals surface area (Å²) in [7, 11) is 0. The van der Waals surface area contributed by atoms with E-state index in [1.54, 1.807) is 6.07 Å². The molecular weight excluding hydrogens is 267 g/mol. The summed E-state index contributed by atoms with van der Waals surface area (Å²) in [6, 6.07) is 11.5. The fourth-order valence-electron chi connectivity index (χ4n) is 1.89. The van der Waals surface area contributed by atoms with Crippen molar-refractivity contribution < 1.29 is 0 Å². The highest BCUT2D eigenvalue weighted by Gasteiger charge is 2.04. The molecule has 94 valence electrons. The molecular formula is C14H14Cl2N2. The highest BCUT2D eigenvalue weighted by Crippen LogP contribution is 2.28. The minimum Gasteiger partial charge on any atom is -0.326 e. The summed E-state index contributed by atoms with van der Waals surface area (Å²) < 4.78 is 0. The molecule has 18 heavy (non-hydrogen) atoms. The third-order valence-electron chi connectivity index (χ3n) is 2.72. The predicted molar refractivity (Wildman–Crippen MR) is 77.7 cm³/mol. The first-order valence-corrected chi connectivity index (χ1v) is 6.37. The average molecular weight is 281 g/mol. The van der Waals surface area contributed by atoms with Gasteiger partial charge in [-0.25, -0.2) is 0 Å². The standard InChI is InChI=1S/C14H14Cl2N2/c15-13-4-12(5-14(16)6-13)11-2-9(7-17)1-10(3-11)8-18/h1-6H,7-8,17-18H2. The fraction of sp³-hybridized carbons (Fsp3) is 0.143. The van der Waals surface area contributed by atoms with Crippen LogP contribution in [-0.2, 0) is 13.1 Å². The van der Waals surface area contributed by atoms with E-state index in [0.29, 0.717) is 23.1 Å². The van der Waals surface area contributed by atoms with Gasteiger partial charge in [0.2, 0.25) is 0 Å². The molecule has 0 radical (unpaired) electrons. The van der Waals surface area contributed by atoms with Gasteiger partial charge in [-0.1, -0.05) is 29.3 Å². The van der Waals surface area contributed by atoms with Gasteiger partial charge in [0.1, 0.15) is 0 Å². The topological polar surface area (TPSA) is 52.0 Å². The third kappa shape index (κ3) is 3.03. The average Bonchev–Trinajstić information content (AvgIpc) is 2.37. The lowest BCUT2D eigenvalue weighted by Crippen LogP contribution is -2.01. The number of benzene rings is 2. The molecule has 0 aliphatic heterocycles. The molecule has 0 fully saturated rings. The molecule has 0 saturated carbocycles. The van der Waals surface area contributed by atoms with Crippen molar-refractivity contribution in [3.05, 3.63) is 57.6 Å². The van der Waals surface area contributed by atoms with Crippen molar-refractivity contribution in [1.29, 1.82) is 0 Å². The van der Waals surface area contributed by atoms with Crippen molar-refractivity contribution in [1.82, 2.24) is 0 Å². The Morgan fingerprint density at radius 1 is 0.667 bits per heavy atom. The lowest BCUT2D eigenvalue weighted by Gasteiger charge is -2.09. The van der Waals surface area contributed by atoms with Crippen LogP contribution in [0.2, 0.25) is 10.0 Å². The molecule has 2 nitrogen and oxygen atoms in total. The molecule has 0 atom stereocenters. The number of hydrogen-bond donors (Lipinski definition) is 2. The zero-order valence-electron chi connectivity index (χ0n) is 9.79. The Labute approximate surface area is 117 Å². The monoisotopic (exact) mass is 280 g/mol. The molecule has 2 aromatic rings. The number of rotatable bonds is 3. The maximum atomic E-state index is 6.01.